The summed E-state index contributed by atoms with van der Waals surface area (Å²) in [6.07, 6.45) is 4.21. The Bertz CT molecular complexity index is 164. The summed E-state index contributed by atoms with van der Waals surface area (Å²) in [6.45, 7) is 10.7. The van der Waals surface area contributed by atoms with E-state index in [-0.39, 0.29) is 0 Å². The number of hydrogen-bond donors (Lipinski definition) is 1. The molecule has 0 radical (unpaired) electrons. The Balaban J connectivity index is 2.32. The summed E-state index contributed by atoms with van der Waals surface area (Å²) in [5.41, 5.74) is 0. The van der Waals surface area contributed by atoms with Crippen molar-refractivity contribution in [3.8, 4) is 0 Å². The van der Waals surface area contributed by atoms with Crippen LogP contribution in [0.25, 0.3) is 0 Å². The molecule has 0 aliphatic heterocycles. The molecule has 15 heavy (non-hydrogen) atoms. The minimum Gasteiger partial charge on any atom is -0.315 e. The summed E-state index contributed by atoms with van der Waals surface area (Å²) >= 11 is 0. The van der Waals surface area contributed by atoms with E-state index < -0.39 is 0 Å². The van der Waals surface area contributed by atoms with Gasteiger partial charge >= 0.3 is 0 Å². The maximum Gasteiger partial charge on any atom is 0.0214 e. The molecule has 0 heterocycles. The van der Waals surface area contributed by atoms with Gasteiger partial charge in [0, 0.05) is 19.1 Å². The fourth-order valence-electron chi connectivity index (χ4n) is 2.15. The molecule has 1 unspecified atom stereocenters. The fraction of sp³-hybridized carbons (Fsp3) is 1.00. The minimum absolute atomic E-state index is 0.648. The molecule has 0 amide bonds. The molecule has 1 aliphatic rings. The van der Waals surface area contributed by atoms with E-state index in [0.717, 1.165) is 11.8 Å². The molecule has 0 spiro atoms. The number of nitrogens with one attached hydrogen (secondary N) is 1. The molecule has 90 valence electrons. The van der Waals surface area contributed by atoms with E-state index in [1.54, 1.807) is 0 Å². The van der Waals surface area contributed by atoms with Crippen LogP contribution in [0.4, 0.5) is 0 Å². The van der Waals surface area contributed by atoms with Crippen LogP contribution >= 0.6 is 0 Å². The van der Waals surface area contributed by atoms with Crippen molar-refractivity contribution in [1.82, 2.24) is 10.2 Å². The van der Waals surface area contributed by atoms with Crippen molar-refractivity contribution in [1.29, 1.82) is 0 Å². The smallest absolute Gasteiger partial charge is 0.0214 e. The summed E-state index contributed by atoms with van der Waals surface area (Å²) in [4.78, 5) is 2.65. The first-order chi connectivity index (χ1) is 7.17. The van der Waals surface area contributed by atoms with Gasteiger partial charge in [0.2, 0.25) is 0 Å². The van der Waals surface area contributed by atoms with E-state index in [4.69, 9.17) is 0 Å². The van der Waals surface area contributed by atoms with E-state index in [2.05, 4.69) is 38.0 Å². The van der Waals surface area contributed by atoms with Crippen molar-refractivity contribution >= 4 is 0 Å². The quantitative estimate of drug-likeness (QED) is 0.664. The summed E-state index contributed by atoms with van der Waals surface area (Å²) in [6, 6.07) is 0.648. The highest BCUT2D eigenvalue weighted by Gasteiger charge is 2.25. The van der Waals surface area contributed by atoms with Crippen molar-refractivity contribution in [3.05, 3.63) is 0 Å². The predicted molar refractivity (Wildman–Crippen MR) is 67.1 cm³/mol. The Kier molecular flexibility index (Phi) is 5.62. The van der Waals surface area contributed by atoms with Crippen LogP contribution in [-0.4, -0.2) is 37.6 Å². The van der Waals surface area contributed by atoms with Gasteiger partial charge in [0.05, 0.1) is 0 Å². The van der Waals surface area contributed by atoms with Crippen molar-refractivity contribution in [3.63, 3.8) is 0 Å². The highest BCUT2D eigenvalue weighted by molar-refractivity contribution is 4.80. The molecule has 0 aromatic heterocycles. The van der Waals surface area contributed by atoms with Crippen molar-refractivity contribution in [2.75, 3.05) is 26.7 Å². The van der Waals surface area contributed by atoms with E-state index in [1.165, 1.54) is 38.9 Å². The van der Waals surface area contributed by atoms with Crippen LogP contribution < -0.4 is 5.32 Å². The van der Waals surface area contributed by atoms with Gasteiger partial charge in [-0.1, -0.05) is 20.8 Å². The zero-order valence-corrected chi connectivity index (χ0v) is 10.9. The Morgan fingerprint density at radius 1 is 1.33 bits per heavy atom. The van der Waals surface area contributed by atoms with Gasteiger partial charge in [-0.2, -0.15) is 0 Å². The summed E-state index contributed by atoms with van der Waals surface area (Å²) < 4.78 is 0. The van der Waals surface area contributed by atoms with Gasteiger partial charge in [0.25, 0.3) is 0 Å². The molecule has 2 nitrogen and oxygen atoms in total. The van der Waals surface area contributed by atoms with Gasteiger partial charge in [0.15, 0.2) is 0 Å². The molecule has 1 N–H and O–H groups in total. The Morgan fingerprint density at radius 2 is 2.00 bits per heavy atom. The second-order valence-electron chi connectivity index (χ2n) is 5.34. The van der Waals surface area contributed by atoms with E-state index in [9.17, 15) is 0 Å². The average molecular weight is 212 g/mol. The Morgan fingerprint density at radius 3 is 2.40 bits per heavy atom. The van der Waals surface area contributed by atoms with Crippen molar-refractivity contribution in [2.45, 2.75) is 46.1 Å². The zero-order valence-electron chi connectivity index (χ0n) is 10.9. The first kappa shape index (κ1) is 13.0. The molecule has 0 bridgehead atoms. The van der Waals surface area contributed by atoms with Gasteiger partial charge in [-0.05, 0) is 44.7 Å². The number of nitrogens with zero attached hydrogens (tertiary/aromatic N) is 1. The van der Waals surface area contributed by atoms with Gasteiger partial charge in [-0.3, -0.25) is 0 Å². The van der Waals surface area contributed by atoms with Crippen LogP contribution in [0, 0.1) is 11.8 Å². The molecule has 1 atom stereocenters. The largest absolute Gasteiger partial charge is 0.315 e. The van der Waals surface area contributed by atoms with E-state index >= 15 is 0 Å². The van der Waals surface area contributed by atoms with Gasteiger partial charge < -0.3 is 10.2 Å². The maximum absolute atomic E-state index is 3.44. The molecule has 0 aromatic carbocycles. The average Bonchev–Trinajstić information content (AvgIpc) is 2.97. The molecule has 0 aromatic rings. The van der Waals surface area contributed by atoms with Crippen LogP contribution in [-0.2, 0) is 0 Å². The van der Waals surface area contributed by atoms with Crippen molar-refractivity contribution in [2.24, 2.45) is 11.8 Å². The molecule has 0 saturated heterocycles. The van der Waals surface area contributed by atoms with Crippen LogP contribution in [0.2, 0.25) is 0 Å². The number of rotatable bonds is 8. The molecule has 1 saturated carbocycles. The fourth-order valence-corrected chi connectivity index (χ4v) is 2.15. The van der Waals surface area contributed by atoms with E-state index in [1.807, 2.05) is 0 Å². The lowest BCUT2D eigenvalue weighted by atomic mass is 10.0. The monoisotopic (exact) mass is 212 g/mol. The second-order valence-corrected chi connectivity index (χ2v) is 5.34. The van der Waals surface area contributed by atoms with Crippen LogP contribution in [0.15, 0.2) is 0 Å². The molecule has 2 heteroatoms. The molecule has 1 aliphatic carbocycles. The Hall–Kier alpha value is -0.0800. The lowest BCUT2D eigenvalue weighted by Gasteiger charge is -2.29. The number of likely N-dealkylation sites (N-methyl/N-ethyl adjacent to an activating group) is 1. The summed E-state index contributed by atoms with van der Waals surface area (Å²) in [5.74, 6) is 1.75. The van der Waals surface area contributed by atoms with Gasteiger partial charge in [-0.25, -0.2) is 0 Å². The lowest BCUT2D eigenvalue weighted by Crippen LogP contribution is -2.43. The Labute approximate surface area is 95.4 Å². The third-order valence-corrected chi connectivity index (χ3v) is 3.38. The van der Waals surface area contributed by atoms with Crippen LogP contribution in [0.5, 0.6) is 0 Å². The predicted octanol–water partition coefficient (Wildman–Crippen LogP) is 2.35. The van der Waals surface area contributed by atoms with Gasteiger partial charge in [0.1, 0.15) is 0 Å². The van der Waals surface area contributed by atoms with Crippen molar-refractivity contribution < 1.29 is 0 Å². The lowest BCUT2D eigenvalue weighted by molar-refractivity contribution is 0.215. The third kappa shape index (κ3) is 4.98. The topological polar surface area (TPSA) is 15.3 Å². The maximum atomic E-state index is 3.44. The van der Waals surface area contributed by atoms with Gasteiger partial charge in [-0.15, -0.1) is 0 Å². The summed E-state index contributed by atoms with van der Waals surface area (Å²) in [7, 11) is 2.09. The van der Waals surface area contributed by atoms with Crippen LogP contribution in [0.1, 0.15) is 40.0 Å². The van der Waals surface area contributed by atoms with E-state index in [0.29, 0.717) is 6.04 Å². The molecular weight excluding hydrogens is 184 g/mol. The summed E-state index contributed by atoms with van der Waals surface area (Å²) in [5, 5.41) is 3.44. The first-order valence-electron chi connectivity index (χ1n) is 6.57. The highest BCUT2D eigenvalue weighted by atomic mass is 15.1. The first-order valence-corrected chi connectivity index (χ1v) is 6.57. The molecule has 1 fully saturated rings. The SMILES string of the molecule is CCCN(CC1CC1)CC(NC)C(C)C. The number of hydrogen-bond acceptors (Lipinski definition) is 2. The highest BCUT2D eigenvalue weighted by Crippen LogP contribution is 2.29. The minimum atomic E-state index is 0.648. The molecule has 1 rings (SSSR count). The van der Waals surface area contributed by atoms with Crippen LogP contribution in [0.3, 0.4) is 0 Å². The standard InChI is InChI=1S/C13H28N2/c1-5-8-15(9-12-6-7-12)10-13(14-4)11(2)3/h11-14H,5-10H2,1-4H3. The third-order valence-electron chi connectivity index (χ3n) is 3.38. The zero-order chi connectivity index (χ0) is 11.3. The normalized spacial score (nSPS) is 18.8. The molecular formula is C13H28N2. The second kappa shape index (κ2) is 6.49.